The number of halogens is 2. The third-order valence-corrected chi connectivity index (χ3v) is 6.73. The van der Waals surface area contributed by atoms with Gasteiger partial charge in [0.05, 0.1) is 24.2 Å². The fourth-order valence-electron chi connectivity index (χ4n) is 4.56. The largest absolute Gasteiger partial charge is 0.435 e. The molecule has 2 aliphatic rings. The van der Waals surface area contributed by atoms with Crippen molar-refractivity contribution in [1.82, 2.24) is 14.9 Å². The smallest absolute Gasteiger partial charge is 0.229 e. The number of anilines is 1. The summed E-state index contributed by atoms with van der Waals surface area (Å²) >= 11 is 0. The van der Waals surface area contributed by atoms with Crippen molar-refractivity contribution in [2.75, 3.05) is 24.5 Å². The van der Waals surface area contributed by atoms with E-state index in [9.17, 15) is 13.6 Å². The number of hydrogen-bond acceptors (Lipinski definition) is 5. The van der Waals surface area contributed by atoms with E-state index >= 15 is 0 Å². The highest BCUT2D eigenvalue weighted by Crippen LogP contribution is 2.33. The van der Waals surface area contributed by atoms with Crippen LogP contribution < -0.4 is 9.64 Å². The van der Waals surface area contributed by atoms with Crippen LogP contribution in [-0.2, 0) is 24.2 Å². The monoisotopic (exact) mass is 478 g/mol. The Morgan fingerprint density at radius 2 is 1.83 bits per heavy atom. The van der Waals surface area contributed by atoms with Crippen molar-refractivity contribution in [1.29, 1.82) is 0 Å². The maximum atomic E-state index is 14.4. The van der Waals surface area contributed by atoms with E-state index in [-0.39, 0.29) is 24.1 Å². The van der Waals surface area contributed by atoms with Gasteiger partial charge in [-0.2, -0.15) is 4.98 Å². The summed E-state index contributed by atoms with van der Waals surface area (Å²) in [5.74, 6) is -0.187. The van der Waals surface area contributed by atoms with Gasteiger partial charge in [0.25, 0.3) is 0 Å². The molecular formula is C27H28F2N4O2. The topological polar surface area (TPSA) is 58.6 Å². The molecule has 0 spiro atoms. The summed E-state index contributed by atoms with van der Waals surface area (Å²) < 4.78 is 33.8. The fourth-order valence-corrected chi connectivity index (χ4v) is 4.56. The summed E-state index contributed by atoms with van der Waals surface area (Å²) in [5.41, 5.74) is 2.41. The minimum atomic E-state index is -0.807. The average molecular weight is 479 g/mol. The fraction of sp³-hybridized carbons (Fsp3) is 0.370. The van der Waals surface area contributed by atoms with Gasteiger partial charge in [-0.3, -0.25) is 4.79 Å². The second-order valence-corrected chi connectivity index (χ2v) is 9.33. The maximum absolute atomic E-state index is 14.4. The Labute approximate surface area is 203 Å². The highest BCUT2D eigenvalue weighted by atomic mass is 19.1. The number of carbonyl (C=O) groups excluding carboxylic acids is 1. The maximum Gasteiger partial charge on any atom is 0.229 e. The lowest BCUT2D eigenvalue weighted by atomic mass is 9.99. The van der Waals surface area contributed by atoms with Crippen LogP contribution in [0.2, 0.25) is 0 Å². The van der Waals surface area contributed by atoms with Crippen molar-refractivity contribution >= 4 is 11.9 Å². The molecule has 2 aromatic carbocycles. The highest BCUT2D eigenvalue weighted by molar-refractivity contribution is 5.79. The second kappa shape index (κ2) is 9.98. The zero-order valence-corrected chi connectivity index (χ0v) is 19.7. The first-order valence-corrected chi connectivity index (χ1v) is 12.1. The summed E-state index contributed by atoms with van der Waals surface area (Å²) in [7, 11) is 0. The minimum absolute atomic E-state index is 0.00476. The van der Waals surface area contributed by atoms with Crippen molar-refractivity contribution in [3.63, 3.8) is 0 Å². The Hall–Kier alpha value is -3.55. The van der Waals surface area contributed by atoms with Gasteiger partial charge in [0.2, 0.25) is 17.7 Å². The predicted molar refractivity (Wildman–Crippen MR) is 128 cm³/mol. The molecule has 0 radical (unpaired) electrons. The molecule has 1 saturated heterocycles. The van der Waals surface area contributed by atoms with Gasteiger partial charge in [0, 0.05) is 32.1 Å². The Morgan fingerprint density at radius 1 is 1.06 bits per heavy atom. The quantitative estimate of drug-likeness (QED) is 0.522. The molecule has 0 atom stereocenters. The first-order valence-electron chi connectivity index (χ1n) is 12.1. The summed E-state index contributed by atoms with van der Waals surface area (Å²) in [6.07, 6.45) is 2.94. The molecule has 0 aliphatic carbocycles. The molecule has 2 aliphatic heterocycles. The lowest BCUT2D eigenvalue weighted by Crippen LogP contribution is -2.39. The van der Waals surface area contributed by atoms with E-state index in [4.69, 9.17) is 9.72 Å². The van der Waals surface area contributed by atoms with Gasteiger partial charge in [-0.1, -0.05) is 37.3 Å². The van der Waals surface area contributed by atoms with E-state index in [1.165, 1.54) is 6.07 Å². The van der Waals surface area contributed by atoms with Gasteiger partial charge >= 0.3 is 0 Å². The number of benzene rings is 2. The number of hydrogen-bond donors (Lipinski definition) is 0. The molecule has 0 N–H and O–H groups in total. The van der Waals surface area contributed by atoms with Crippen molar-refractivity contribution in [2.24, 2.45) is 5.92 Å². The molecule has 35 heavy (non-hydrogen) atoms. The van der Waals surface area contributed by atoms with Crippen molar-refractivity contribution in [3.05, 3.63) is 77.0 Å². The molecule has 5 rings (SSSR count). The van der Waals surface area contributed by atoms with Crippen LogP contribution in [0.25, 0.3) is 0 Å². The molecule has 6 nitrogen and oxygen atoms in total. The number of amides is 1. The zero-order chi connectivity index (χ0) is 24.4. The van der Waals surface area contributed by atoms with Crippen LogP contribution >= 0.6 is 0 Å². The molecule has 0 saturated carbocycles. The normalized spacial score (nSPS) is 16.2. The van der Waals surface area contributed by atoms with Crippen LogP contribution in [0.4, 0.5) is 14.7 Å². The molecule has 3 aromatic rings. The SMILES string of the molecule is CC1CCN(c2nc3c(c(Oc4ccc(F)cc4F)n2)CN(C(=O)Cc2ccccc2)CC3)CC1. The molecular weight excluding hydrogens is 450 g/mol. The first kappa shape index (κ1) is 23.2. The summed E-state index contributed by atoms with van der Waals surface area (Å²) in [4.78, 5) is 26.4. The van der Waals surface area contributed by atoms with E-state index in [1.807, 2.05) is 30.3 Å². The second-order valence-electron chi connectivity index (χ2n) is 9.33. The van der Waals surface area contributed by atoms with Crippen LogP contribution in [0, 0.1) is 17.6 Å². The van der Waals surface area contributed by atoms with Gasteiger partial charge in [-0.25, -0.2) is 13.8 Å². The van der Waals surface area contributed by atoms with Crippen LogP contribution in [0.3, 0.4) is 0 Å². The van der Waals surface area contributed by atoms with Gasteiger partial charge in [-0.05, 0) is 36.5 Å². The average Bonchev–Trinajstić information content (AvgIpc) is 2.86. The predicted octanol–water partition coefficient (Wildman–Crippen LogP) is 4.91. The lowest BCUT2D eigenvalue weighted by Gasteiger charge is -2.33. The van der Waals surface area contributed by atoms with Crippen LogP contribution in [0.1, 0.15) is 36.6 Å². The summed E-state index contributed by atoms with van der Waals surface area (Å²) in [6.45, 7) is 4.73. The Morgan fingerprint density at radius 3 is 2.57 bits per heavy atom. The lowest BCUT2D eigenvalue weighted by molar-refractivity contribution is -0.131. The van der Waals surface area contributed by atoms with E-state index in [0.717, 1.165) is 49.3 Å². The van der Waals surface area contributed by atoms with Crippen molar-refractivity contribution in [2.45, 2.75) is 39.2 Å². The van der Waals surface area contributed by atoms with Gasteiger partial charge in [0.1, 0.15) is 5.82 Å². The van der Waals surface area contributed by atoms with E-state index in [1.54, 1.807) is 4.90 Å². The number of rotatable bonds is 5. The molecule has 182 valence electrons. The number of carbonyl (C=O) groups is 1. The Kier molecular flexibility index (Phi) is 6.61. The molecule has 1 amide bonds. The van der Waals surface area contributed by atoms with E-state index < -0.39 is 11.6 Å². The summed E-state index contributed by atoms with van der Waals surface area (Å²) in [5, 5.41) is 0. The van der Waals surface area contributed by atoms with E-state index in [2.05, 4.69) is 16.8 Å². The number of fused-ring (bicyclic) bond motifs is 1. The van der Waals surface area contributed by atoms with Crippen molar-refractivity contribution in [3.8, 4) is 11.6 Å². The molecule has 0 bridgehead atoms. The number of piperidine rings is 1. The zero-order valence-electron chi connectivity index (χ0n) is 19.7. The standard InChI is InChI=1S/C27H28F2N4O2/c1-18-9-12-32(13-10-18)27-30-23-11-14-33(25(34)15-19-5-3-2-4-6-19)17-21(23)26(31-27)35-24-8-7-20(28)16-22(24)29/h2-8,16,18H,9-15,17H2,1H3. The summed E-state index contributed by atoms with van der Waals surface area (Å²) in [6, 6.07) is 12.8. The van der Waals surface area contributed by atoms with Gasteiger partial charge in [-0.15, -0.1) is 0 Å². The van der Waals surface area contributed by atoms with Gasteiger partial charge < -0.3 is 14.5 Å². The van der Waals surface area contributed by atoms with Gasteiger partial charge in [0.15, 0.2) is 11.6 Å². The minimum Gasteiger partial charge on any atom is -0.435 e. The third kappa shape index (κ3) is 5.26. The first-order chi connectivity index (χ1) is 17.0. The molecule has 0 unspecified atom stereocenters. The number of aromatic nitrogens is 2. The highest BCUT2D eigenvalue weighted by Gasteiger charge is 2.29. The third-order valence-electron chi connectivity index (χ3n) is 6.73. The van der Waals surface area contributed by atoms with Crippen LogP contribution in [0.5, 0.6) is 11.6 Å². The molecule has 8 heteroatoms. The van der Waals surface area contributed by atoms with Crippen molar-refractivity contribution < 1.29 is 18.3 Å². The molecule has 1 fully saturated rings. The van der Waals surface area contributed by atoms with E-state index in [0.29, 0.717) is 36.8 Å². The Balaban J connectivity index is 1.45. The van der Waals surface area contributed by atoms with Crippen LogP contribution in [-0.4, -0.2) is 40.4 Å². The number of ether oxygens (including phenoxy) is 1. The van der Waals surface area contributed by atoms with Crippen LogP contribution in [0.15, 0.2) is 48.5 Å². The molecule has 1 aromatic heterocycles. The number of nitrogens with zero attached hydrogens (tertiary/aromatic N) is 4. The molecule has 3 heterocycles. The Bertz CT molecular complexity index is 1210.